The summed E-state index contributed by atoms with van der Waals surface area (Å²) in [6, 6.07) is 16.9. The Hall–Kier alpha value is -2.88. The zero-order valence-corrected chi connectivity index (χ0v) is 35.4. The molecule has 0 aliphatic rings. The smallest absolute Gasteiger partial charge is 0.167 e. The molecule has 3 aromatic carbocycles. The Morgan fingerprint density at radius 2 is 0.630 bits per heavy atom. The Morgan fingerprint density at radius 3 is 0.889 bits per heavy atom. The lowest BCUT2D eigenvalue weighted by Crippen LogP contribution is -2.01. The monoisotopic (exact) mass is 789 g/mol. The first-order chi connectivity index (χ1) is 26.4. The molecular formula is C45H63N3O3S3. The molecule has 0 spiro atoms. The molecule has 1 aromatic heterocycles. The van der Waals surface area contributed by atoms with E-state index in [0.717, 1.165) is 51.2 Å². The highest BCUT2D eigenvalue weighted by Gasteiger charge is 2.19. The van der Waals surface area contributed by atoms with E-state index in [4.69, 9.17) is 15.0 Å². The molecule has 3 N–H and O–H groups in total. The molecule has 0 aliphatic carbocycles. The number of aromatic hydroxyl groups is 3. The van der Waals surface area contributed by atoms with Gasteiger partial charge in [0.2, 0.25) is 0 Å². The first kappa shape index (κ1) is 43.8. The van der Waals surface area contributed by atoms with Gasteiger partial charge in [-0.1, -0.05) is 117 Å². The molecule has 0 aliphatic heterocycles. The van der Waals surface area contributed by atoms with Crippen molar-refractivity contribution in [2.75, 3.05) is 17.3 Å². The van der Waals surface area contributed by atoms with Gasteiger partial charge >= 0.3 is 0 Å². The first-order valence-electron chi connectivity index (χ1n) is 20.6. The number of aromatic nitrogens is 3. The molecule has 9 heteroatoms. The van der Waals surface area contributed by atoms with E-state index in [1.54, 1.807) is 53.5 Å². The van der Waals surface area contributed by atoms with Crippen LogP contribution >= 0.6 is 35.3 Å². The van der Waals surface area contributed by atoms with Gasteiger partial charge in [-0.2, -0.15) is 0 Å². The highest BCUT2D eigenvalue weighted by Crippen LogP contribution is 2.38. The van der Waals surface area contributed by atoms with Crippen LogP contribution in [-0.2, 0) is 0 Å². The average molecular weight is 790 g/mol. The quantitative estimate of drug-likeness (QED) is 0.0403. The van der Waals surface area contributed by atoms with Crippen LogP contribution in [0.1, 0.15) is 136 Å². The number of thioether (sulfide) groups is 3. The van der Waals surface area contributed by atoms with Crippen LogP contribution < -0.4 is 0 Å². The lowest BCUT2D eigenvalue weighted by molar-refractivity contribution is 0.475. The molecule has 0 saturated carbocycles. The second-order valence-electron chi connectivity index (χ2n) is 14.2. The van der Waals surface area contributed by atoms with Gasteiger partial charge < -0.3 is 15.3 Å². The van der Waals surface area contributed by atoms with Gasteiger partial charge in [0.25, 0.3) is 0 Å². The predicted molar refractivity (Wildman–Crippen MR) is 233 cm³/mol. The standard InChI is InChI=1S/C45H63N3O3S3/c1-4-7-10-13-16-19-28-52-34-22-25-37(40(49)31-34)43-46-44(38-26-23-35(32-41(38)50)53-29-20-17-14-11-8-5-2)48-45(47-43)39-27-24-36(33-42(39)51)54-30-21-18-15-12-9-6-3/h22-27,31-33,49-51H,4-21,28-30H2,1-3H3. The molecule has 0 atom stereocenters. The van der Waals surface area contributed by atoms with Crippen LogP contribution in [0, 0.1) is 0 Å². The molecule has 0 unspecified atom stereocenters. The summed E-state index contributed by atoms with van der Waals surface area (Å²) in [7, 11) is 0. The molecule has 4 aromatic rings. The number of phenolic OH excluding ortho intramolecular Hbond substituents is 3. The summed E-state index contributed by atoms with van der Waals surface area (Å²) in [5, 5.41) is 33.8. The van der Waals surface area contributed by atoms with Crippen molar-refractivity contribution < 1.29 is 15.3 Å². The van der Waals surface area contributed by atoms with E-state index in [2.05, 4.69) is 20.8 Å². The topological polar surface area (TPSA) is 99.4 Å². The third kappa shape index (κ3) is 15.0. The first-order valence-corrected chi connectivity index (χ1v) is 23.5. The molecule has 0 bridgehead atoms. The Balaban J connectivity index is 1.55. The van der Waals surface area contributed by atoms with Crippen LogP contribution in [0.25, 0.3) is 34.2 Å². The van der Waals surface area contributed by atoms with Crippen molar-refractivity contribution >= 4 is 35.3 Å². The van der Waals surface area contributed by atoms with Crippen molar-refractivity contribution in [3.05, 3.63) is 54.6 Å². The minimum Gasteiger partial charge on any atom is -0.507 e. The largest absolute Gasteiger partial charge is 0.507 e. The Labute approximate surface area is 338 Å². The van der Waals surface area contributed by atoms with E-state index < -0.39 is 0 Å². The maximum atomic E-state index is 11.3. The fraction of sp³-hybridized carbons (Fsp3) is 0.533. The number of benzene rings is 3. The molecule has 4 rings (SSSR count). The average Bonchev–Trinajstić information content (AvgIpc) is 3.17. The van der Waals surface area contributed by atoms with E-state index in [1.165, 1.54) is 96.3 Å². The van der Waals surface area contributed by atoms with Crippen molar-refractivity contribution in [3.63, 3.8) is 0 Å². The Bertz CT molecular complexity index is 1480. The van der Waals surface area contributed by atoms with E-state index in [9.17, 15) is 15.3 Å². The highest BCUT2D eigenvalue weighted by molar-refractivity contribution is 7.99. The van der Waals surface area contributed by atoms with Crippen molar-refractivity contribution in [1.82, 2.24) is 15.0 Å². The second kappa shape index (κ2) is 25.3. The summed E-state index contributed by atoms with van der Waals surface area (Å²) in [6.07, 6.45) is 22.5. The summed E-state index contributed by atoms with van der Waals surface area (Å²) >= 11 is 5.24. The number of hydrogen-bond acceptors (Lipinski definition) is 9. The van der Waals surface area contributed by atoms with E-state index in [0.29, 0.717) is 16.7 Å². The molecule has 1 heterocycles. The fourth-order valence-corrected chi connectivity index (χ4v) is 9.16. The van der Waals surface area contributed by atoms with Crippen molar-refractivity contribution in [2.24, 2.45) is 0 Å². The van der Waals surface area contributed by atoms with Gasteiger partial charge in [-0.3, -0.25) is 0 Å². The number of unbranched alkanes of at least 4 members (excludes halogenated alkanes) is 15. The van der Waals surface area contributed by atoms with E-state index >= 15 is 0 Å². The van der Waals surface area contributed by atoms with Gasteiger partial charge in [-0.05, 0) is 91.1 Å². The third-order valence-corrected chi connectivity index (χ3v) is 12.8. The van der Waals surface area contributed by atoms with Crippen LogP contribution in [0.2, 0.25) is 0 Å². The minimum absolute atomic E-state index is 0.0855. The highest BCUT2D eigenvalue weighted by atomic mass is 32.2. The Kier molecular flexibility index (Phi) is 20.6. The lowest BCUT2D eigenvalue weighted by atomic mass is 10.1. The maximum absolute atomic E-state index is 11.3. The van der Waals surface area contributed by atoms with Crippen LogP contribution in [0.3, 0.4) is 0 Å². The SMILES string of the molecule is CCCCCCCCSc1ccc(-c2nc(-c3ccc(SCCCCCCCC)cc3O)nc(-c3ccc(SCCCCCCCC)cc3O)n2)c(O)c1. The van der Waals surface area contributed by atoms with Gasteiger partial charge in [-0.25, -0.2) is 15.0 Å². The van der Waals surface area contributed by atoms with Crippen molar-refractivity contribution in [3.8, 4) is 51.4 Å². The number of phenols is 3. The molecule has 0 fully saturated rings. The van der Waals surface area contributed by atoms with Crippen molar-refractivity contribution in [1.29, 1.82) is 0 Å². The van der Waals surface area contributed by atoms with Crippen LogP contribution in [0.4, 0.5) is 0 Å². The molecule has 294 valence electrons. The molecule has 6 nitrogen and oxygen atoms in total. The summed E-state index contributed by atoms with van der Waals surface area (Å²) in [6.45, 7) is 6.71. The van der Waals surface area contributed by atoms with Gasteiger partial charge in [0, 0.05) is 14.7 Å². The molecule has 0 saturated heterocycles. The maximum Gasteiger partial charge on any atom is 0.167 e. The number of rotatable bonds is 27. The van der Waals surface area contributed by atoms with Gasteiger partial charge in [0.05, 0.1) is 16.7 Å². The van der Waals surface area contributed by atoms with Crippen LogP contribution in [0.5, 0.6) is 17.2 Å². The van der Waals surface area contributed by atoms with Gasteiger partial charge in [0.1, 0.15) is 17.2 Å². The molecular weight excluding hydrogens is 727 g/mol. The van der Waals surface area contributed by atoms with Crippen molar-refractivity contribution in [2.45, 2.75) is 151 Å². The lowest BCUT2D eigenvalue weighted by Gasteiger charge is -2.13. The van der Waals surface area contributed by atoms with Gasteiger partial charge in [0.15, 0.2) is 17.5 Å². The Morgan fingerprint density at radius 1 is 0.370 bits per heavy atom. The zero-order valence-electron chi connectivity index (χ0n) is 33.0. The predicted octanol–water partition coefficient (Wildman–Crippen LogP) is 14.3. The number of hydrogen-bond donors (Lipinski definition) is 3. The molecule has 54 heavy (non-hydrogen) atoms. The normalized spacial score (nSPS) is 11.4. The second-order valence-corrected chi connectivity index (χ2v) is 17.7. The van der Waals surface area contributed by atoms with Crippen LogP contribution in [-0.4, -0.2) is 47.5 Å². The summed E-state index contributed by atoms with van der Waals surface area (Å²) in [5.74, 6) is 4.11. The van der Waals surface area contributed by atoms with Gasteiger partial charge in [-0.15, -0.1) is 35.3 Å². The minimum atomic E-state index is 0.0855. The van der Waals surface area contributed by atoms with E-state index in [-0.39, 0.29) is 34.7 Å². The number of nitrogens with zero attached hydrogens (tertiary/aromatic N) is 3. The molecule has 0 radical (unpaired) electrons. The summed E-state index contributed by atoms with van der Waals surface area (Å²) in [5.41, 5.74) is 1.42. The van der Waals surface area contributed by atoms with Crippen LogP contribution in [0.15, 0.2) is 69.3 Å². The summed E-state index contributed by atoms with van der Waals surface area (Å²) in [4.78, 5) is 17.3. The molecule has 0 amide bonds. The fourth-order valence-electron chi connectivity index (χ4n) is 6.33. The van der Waals surface area contributed by atoms with E-state index in [1.807, 2.05) is 36.4 Å². The summed E-state index contributed by atoms with van der Waals surface area (Å²) < 4.78 is 0. The zero-order chi connectivity index (χ0) is 38.4. The third-order valence-electron chi connectivity index (χ3n) is 9.57.